The van der Waals surface area contributed by atoms with Crippen molar-refractivity contribution in [1.82, 2.24) is 20.2 Å². The molecule has 0 bridgehead atoms. The lowest BCUT2D eigenvalue weighted by atomic mass is 9.92. The van der Waals surface area contributed by atoms with Gasteiger partial charge in [-0.25, -0.2) is 9.97 Å². The van der Waals surface area contributed by atoms with Gasteiger partial charge in [-0.05, 0) is 42.0 Å². The smallest absolute Gasteiger partial charge is 0.251 e. The van der Waals surface area contributed by atoms with E-state index in [1.54, 1.807) is 18.9 Å². The van der Waals surface area contributed by atoms with Crippen LogP contribution in [0, 0.1) is 0 Å². The Morgan fingerprint density at radius 1 is 0.930 bits per heavy atom. The van der Waals surface area contributed by atoms with Crippen molar-refractivity contribution in [2.45, 2.75) is 37.1 Å². The predicted molar refractivity (Wildman–Crippen MR) is 174 cm³/mol. The van der Waals surface area contributed by atoms with Crippen LogP contribution >= 0.6 is 11.8 Å². The fourth-order valence-corrected chi connectivity index (χ4v) is 5.97. The molecule has 2 aliphatic rings. The minimum Gasteiger partial charge on any atom is -0.497 e. The van der Waals surface area contributed by atoms with Crippen molar-refractivity contribution in [2.24, 2.45) is 0 Å². The zero-order valence-corrected chi connectivity index (χ0v) is 26.7. The molecule has 1 amide bonds. The number of benzene rings is 2. The molecule has 0 atom stereocenters. The molecule has 0 aliphatic carbocycles. The van der Waals surface area contributed by atoms with Gasteiger partial charge in [0.15, 0.2) is 5.16 Å². The van der Waals surface area contributed by atoms with E-state index in [-0.39, 0.29) is 11.3 Å². The number of aromatic nitrogens is 2. The Morgan fingerprint density at radius 2 is 1.60 bits per heavy atom. The first-order valence-corrected chi connectivity index (χ1v) is 16.1. The first-order valence-electron chi connectivity index (χ1n) is 15.1. The van der Waals surface area contributed by atoms with Gasteiger partial charge < -0.3 is 24.6 Å². The molecule has 1 N–H and O–H groups in total. The van der Waals surface area contributed by atoms with Crippen LogP contribution < -0.4 is 19.9 Å². The lowest BCUT2D eigenvalue weighted by Crippen LogP contribution is -2.47. The average Bonchev–Trinajstić information content (AvgIpc) is 3.04. The van der Waals surface area contributed by atoms with Gasteiger partial charge in [0.25, 0.3) is 5.91 Å². The highest BCUT2D eigenvalue weighted by atomic mass is 32.2. The van der Waals surface area contributed by atoms with E-state index in [1.165, 1.54) is 5.69 Å². The Kier molecular flexibility index (Phi) is 10.4. The highest BCUT2D eigenvalue weighted by molar-refractivity contribution is 7.98. The first kappa shape index (κ1) is 31.1. The molecule has 0 radical (unpaired) electrons. The van der Waals surface area contributed by atoms with E-state index in [1.807, 2.05) is 36.4 Å². The maximum absolute atomic E-state index is 12.6. The van der Waals surface area contributed by atoms with Crippen LogP contribution in [0.3, 0.4) is 0 Å². The van der Waals surface area contributed by atoms with Gasteiger partial charge >= 0.3 is 0 Å². The number of nitrogens with one attached hydrogen (secondary N) is 1. The number of hydrogen-bond acceptors (Lipinski definition) is 9. The zero-order valence-electron chi connectivity index (χ0n) is 25.8. The molecule has 1 aromatic heterocycles. The molecule has 3 heterocycles. The van der Waals surface area contributed by atoms with Gasteiger partial charge in [-0.2, -0.15) is 0 Å². The second-order valence-corrected chi connectivity index (χ2v) is 13.0. The zero-order chi connectivity index (χ0) is 30.2. The number of hydrogen-bond donors (Lipinski definition) is 1. The highest BCUT2D eigenvalue weighted by Gasteiger charge is 2.23. The topological polar surface area (TPSA) is 83.1 Å². The number of morpholine rings is 1. The number of rotatable bonds is 10. The summed E-state index contributed by atoms with van der Waals surface area (Å²) in [6.45, 7) is 15.1. The Morgan fingerprint density at radius 3 is 2.26 bits per heavy atom. The molecule has 0 spiro atoms. The molecule has 5 rings (SSSR count). The molecule has 0 saturated carbocycles. The fraction of sp³-hybridized carbons (Fsp3) is 0.485. The quantitative estimate of drug-likeness (QED) is 0.266. The molecular weight excluding hydrogens is 560 g/mol. The van der Waals surface area contributed by atoms with Gasteiger partial charge in [-0.15, -0.1) is 0 Å². The Balaban J connectivity index is 1.17. The van der Waals surface area contributed by atoms with E-state index in [0.29, 0.717) is 12.1 Å². The predicted octanol–water partition coefficient (Wildman–Crippen LogP) is 4.46. The summed E-state index contributed by atoms with van der Waals surface area (Å²) in [6, 6.07) is 18.3. The molecule has 10 heteroatoms. The number of carbonyl (C=O) groups excluding carboxylic acids is 1. The largest absolute Gasteiger partial charge is 0.497 e. The number of piperazine rings is 1. The van der Waals surface area contributed by atoms with Crippen LogP contribution in [0.5, 0.6) is 5.75 Å². The van der Waals surface area contributed by atoms with E-state index in [9.17, 15) is 4.79 Å². The van der Waals surface area contributed by atoms with Crippen LogP contribution in [0.15, 0.2) is 59.8 Å². The van der Waals surface area contributed by atoms with Crippen LogP contribution in [-0.4, -0.2) is 93.5 Å². The number of amides is 1. The van der Waals surface area contributed by atoms with Crippen LogP contribution in [-0.2, 0) is 15.9 Å². The molecule has 2 aliphatic heterocycles. The van der Waals surface area contributed by atoms with Gasteiger partial charge in [-0.3, -0.25) is 9.69 Å². The molecule has 0 unspecified atom stereocenters. The van der Waals surface area contributed by atoms with Crippen LogP contribution in [0.25, 0.3) is 0 Å². The fourth-order valence-electron chi connectivity index (χ4n) is 5.17. The molecule has 230 valence electrons. The van der Waals surface area contributed by atoms with Gasteiger partial charge in [0.05, 0.1) is 26.0 Å². The van der Waals surface area contributed by atoms with Crippen molar-refractivity contribution in [1.29, 1.82) is 0 Å². The molecule has 2 aromatic carbocycles. The summed E-state index contributed by atoms with van der Waals surface area (Å²) in [5.74, 6) is 2.56. The van der Waals surface area contributed by atoms with Crippen LogP contribution in [0.1, 0.15) is 42.4 Å². The summed E-state index contributed by atoms with van der Waals surface area (Å²) in [6.07, 6.45) is 0. The van der Waals surface area contributed by atoms with Crippen molar-refractivity contribution in [3.8, 4) is 5.75 Å². The summed E-state index contributed by atoms with van der Waals surface area (Å²) >= 11 is 1.64. The number of nitrogens with zero attached hydrogens (tertiary/aromatic N) is 5. The molecule has 43 heavy (non-hydrogen) atoms. The van der Waals surface area contributed by atoms with Crippen molar-refractivity contribution < 1.29 is 14.3 Å². The van der Waals surface area contributed by atoms with E-state index >= 15 is 0 Å². The normalized spacial score (nSPS) is 16.3. The van der Waals surface area contributed by atoms with Crippen molar-refractivity contribution >= 4 is 29.2 Å². The number of methoxy groups -OCH3 is 1. The van der Waals surface area contributed by atoms with E-state index in [4.69, 9.17) is 19.4 Å². The SMILES string of the molecule is COc1ccc(N2CCN(c3cc(C(C)(C)C)nc(SCc4ccc(C(=O)NCCN5CCOCC5)cc4)n3)CC2)cc1. The molecular formula is C33H44N6O3S. The second kappa shape index (κ2) is 14.4. The van der Waals surface area contributed by atoms with Gasteiger partial charge in [0, 0.05) is 80.8 Å². The van der Waals surface area contributed by atoms with Gasteiger partial charge in [0.1, 0.15) is 11.6 Å². The summed E-state index contributed by atoms with van der Waals surface area (Å²) in [5.41, 5.74) is 3.98. The molecule has 9 nitrogen and oxygen atoms in total. The summed E-state index contributed by atoms with van der Waals surface area (Å²) in [7, 11) is 1.69. The van der Waals surface area contributed by atoms with E-state index in [2.05, 4.69) is 59.0 Å². The van der Waals surface area contributed by atoms with Crippen LogP contribution in [0.2, 0.25) is 0 Å². The average molecular weight is 605 g/mol. The van der Waals surface area contributed by atoms with Crippen molar-refractivity contribution in [2.75, 3.05) is 82.5 Å². The number of thioether (sulfide) groups is 1. The third-order valence-electron chi connectivity index (χ3n) is 7.90. The Labute approximate surface area is 260 Å². The highest BCUT2D eigenvalue weighted by Crippen LogP contribution is 2.29. The third-order valence-corrected chi connectivity index (χ3v) is 8.82. The second-order valence-electron chi connectivity index (χ2n) is 12.0. The van der Waals surface area contributed by atoms with Gasteiger partial charge in [0.2, 0.25) is 0 Å². The summed E-state index contributed by atoms with van der Waals surface area (Å²) < 4.78 is 10.7. The van der Waals surface area contributed by atoms with E-state index < -0.39 is 0 Å². The van der Waals surface area contributed by atoms with Crippen LogP contribution in [0.4, 0.5) is 11.5 Å². The standard InChI is InChI=1S/C33H44N6O3S/c1-33(2,3)29-23-30(39-17-15-38(16-18-39)27-9-11-28(41-4)12-10-27)36-32(35-29)43-24-25-5-7-26(8-6-25)31(40)34-13-14-37-19-21-42-22-20-37/h5-12,23H,13-22,24H2,1-4H3,(H,34,40). The number of carbonyl (C=O) groups is 1. The number of ether oxygens (including phenoxy) is 2. The lowest BCUT2D eigenvalue weighted by molar-refractivity contribution is 0.0383. The number of anilines is 2. The lowest BCUT2D eigenvalue weighted by Gasteiger charge is -2.37. The maximum Gasteiger partial charge on any atom is 0.251 e. The first-order chi connectivity index (χ1) is 20.8. The Bertz CT molecular complexity index is 1330. The van der Waals surface area contributed by atoms with E-state index in [0.717, 1.165) is 92.8 Å². The van der Waals surface area contributed by atoms with Gasteiger partial charge in [-0.1, -0.05) is 44.7 Å². The summed E-state index contributed by atoms with van der Waals surface area (Å²) in [5, 5.41) is 3.82. The summed E-state index contributed by atoms with van der Waals surface area (Å²) in [4.78, 5) is 29.7. The minimum absolute atomic E-state index is 0.0367. The minimum atomic E-state index is -0.0886. The van der Waals surface area contributed by atoms with Crippen molar-refractivity contribution in [3.05, 3.63) is 71.4 Å². The Hall–Kier alpha value is -3.34. The monoisotopic (exact) mass is 604 g/mol. The van der Waals surface area contributed by atoms with Crippen molar-refractivity contribution in [3.63, 3.8) is 0 Å². The molecule has 3 aromatic rings. The molecule has 2 fully saturated rings. The molecule has 2 saturated heterocycles. The third kappa shape index (κ3) is 8.61. The maximum atomic E-state index is 12.6.